The van der Waals surface area contributed by atoms with Crippen molar-refractivity contribution in [3.63, 3.8) is 0 Å². The summed E-state index contributed by atoms with van der Waals surface area (Å²) < 4.78 is 3.08. The number of rotatable bonds is 3. The van der Waals surface area contributed by atoms with Crippen LogP contribution in [0.15, 0.2) is 46.9 Å². The Morgan fingerprint density at radius 3 is 2.71 bits per heavy atom. The van der Waals surface area contributed by atoms with Crippen LogP contribution in [0.3, 0.4) is 0 Å². The van der Waals surface area contributed by atoms with Crippen molar-refractivity contribution in [3.8, 4) is 0 Å². The molecule has 21 heavy (non-hydrogen) atoms. The van der Waals surface area contributed by atoms with Gasteiger partial charge in [-0.3, -0.25) is 0 Å². The SMILES string of the molecule is CC(Nc1ccc(Br)cc1Cl)c1nc2ccccc2n1C. The van der Waals surface area contributed by atoms with Gasteiger partial charge < -0.3 is 9.88 Å². The predicted octanol–water partition coefficient (Wildman–Crippen LogP) is 5.16. The number of nitrogens with one attached hydrogen (secondary N) is 1. The number of aryl methyl sites for hydroxylation is 1. The van der Waals surface area contributed by atoms with Crippen molar-refractivity contribution in [2.75, 3.05) is 5.32 Å². The van der Waals surface area contributed by atoms with Crippen molar-refractivity contribution >= 4 is 44.3 Å². The molecule has 1 aromatic heterocycles. The molecule has 1 N–H and O–H groups in total. The molecule has 0 fully saturated rings. The van der Waals surface area contributed by atoms with Gasteiger partial charge in [0, 0.05) is 11.5 Å². The molecule has 0 aliphatic rings. The number of halogens is 2. The highest BCUT2D eigenvalue weighted by molar-refractivity contribution is 9.10. The smallest absolute Gasteiger partial charge is 0.131 e. The van der Waals surface area contributed by atoms with Gasteiger partial charge in [-0.25, -0.2) is 4.98 Å². The quantitative estimate of drug-likeness (QED) is 0.695. The van der Waals surface area contributed by atoms with Crippen LogP contribution in [0.4, 0.5) is 5.69 Å². The van der Waals surface area contributed by atoms with Crippen molar-refractivity contribution in [3.05, 3.63) is 57.8 Å². The minimum atomic E-state index is 0.0566. The van der Waals surface area contributed by atoms with E-state index < -0.39 is 0 Å². The highest BCUT2D eigenvalue weighted by Crippen LogP contribution is 2.29. The first-order chi connectivity index (χ1) is 10.1. The summed E-state index contributed by atoms with van der Waals surface area (Å²) in [4.78, 5) is 4.70. The van der Waals surface area contributed by atoms with Gasteiger partial charge in [-0.1, -0.05) is 39.7 Å². The number of para-hydroxylation sites is 2. The van der Waals surface area contributed by atoms with Gasteiger partial charge in [0.05, 0.1) is 27.8 Å². The Kier molecular flexibility index (Phi) is 3.91. The summed E-state index contributed by atoms with van der Waals surface area (Å²) in [6.45, 7) is 2.08. The molecular weight excluding hydrogens is 350 g/mol. The summed E-state index contributed by atoms with van der Waals surface area (Å²) >= 11 is 9.67. The van der Waals surface area contributed by atoms with Crippen molar-refractivity contribution in [1.82, 2.24) is 9.55 Å². The molecule has 3 nitrogen and oxygen atoms in total. The van der Waals surface area contributed by atoms with Crippen LogP contribution in [0.25, 0.3) is 11.0 Å². The Morgan fingerprint density at radius 1 is 1.24 bits per heavy atom. The number of benzene rings is 2. The van der Waals surface area contributed by atoms with E-state index in [1.807, 2.05) is 43.4 Å². The van der Waals surface area contributed by atoms with Crippen molar-refractivity contribution < 1.29 is 0 Å². The molecule has 1 heterocycles. The molecular formula is C16H15BrClN3. The first kappa shape index (κ1) is 14.4. The Labute approximate surface area is 137 Å². The molecule has 0 aliphatic heterocycles. The van der Waals surface area contributed by atoms with Crippen LogP contribution in [-0.2, 0) is 7.05 Å². The lowest BCUT2D eigenvalue weighted by molar-refractivity contribution is 0.734. The molecule has 0 amide bonds. The second-order valence-electron chi connectivity index (χ2n) is 5.01. The molecule has 3 aromatic rings. The molecule has 5 heteroatoms. The van der Waals surface area contributed by atoms with Crippen LogP contribution < -0.4 is 5.32 Å². The summed E-state index contributed by atoms with van der Waals surface area (Å²) in [5, 5.41) is 4.11. The minimum absolute atomic E-state index is 0.0566. The van der Waals surface area contributed by atoms with Gasteiger partial charge in [-0.15, -0.1) is 0 Å². The average Bonchev–Trinajstić information content (AvgIpc) is 2.80. The predicted molar refractivity (Wildman–Crippen MR) is 91.9 cm³/mol. The van der Waals surface area contributed by atoms with Gasteiger partial charge in [-0.05, 0) is 37.3 Å². The van der Waals surface area contributed by atoms with Crippen molar-refractivity contribution in [2.24, 2.45) is 7.05 Å². The zero-order valence-electron chi connectivity index (χ0n) is 11.8. The molecule has 1 atom stereocenters. The van der Waals surface area contributed by atoms with Crippen molar-refractivity contribution in [1.29, 1.82) is 0 Å². The first-order valence-corrected chi connectivity index (χ1v) is 7.86. The van der Waals surface area contributed by atoms with E-state index in [0.717, 1.165) is 27.0 Å². The van der Waals surface area contributed by atoms with E-state index in [4.69, 9.17) is 16.6 Å². The van der Waals surface area contributed by atoms with Crippen LogP contribution in [0.2, 0.25) is 5.02 Å². The second-order valence-corrected chi connectivity index (χ2v) is 6.33. The zero-order chi connectivity index (χ0) is 15.0. The third kappa shape index (κ3) is 2.78. The molecule has 1 unspecified atom stereocenters. The fourth-order valence-corrected chi connectivity index (χ4v) is 3.18. The molecule has 0 saturated carbocycles. The third-order valence-electron chi connectivity index (χ3n) is 3.51. The minimum Gasteiger partial charge on any atom is -0.374 e. The topological polar surface area (TPSA) is 29.9 Å². The van der Waals surface area contributed by atoms with Crippen LogP contribution in [0, 0.1) is 0 Å². The molecule has 0 saturated heterocycles. The first-order valence-electron chi connectivity index (χ1n) is 6.69. The van der Waals surface area contributed by atoms with Gasteiger partial charge in [0.25, 0.3) is 0 Å². The largest absolute Gasteiger partial charge is 0.374 e. The number of nitrogens with zero attached hydrogens (tertiary/aromatic N) is 2. The van der Waals surface area contributed by atoms with Crippen molar-refractivity contribution in [2.45, 2.75) is 13.0 Å². The number of imidazole rings is 1. The van der Waals surface area contributed by atoms with E-state index in [-0.39, 0.29) is 6.04 Å². The summed E-state index contributed by atoms with van der Waals surface area (Å²) in [6, 6.07) is 14.0. The summed E-state index contributed by atoms with van der Waals surface area (Å²) in [7, 11) is 2.03. The lowest BCUT2D eigenvalue weighted by Crippen LogP contribution is -2.12. The Morgan fingerprint density at radius 2 is 2.00 bits per heavy atom. The Bertz CT molecular complexity index is 797. The van der Waals surface area contributed by atoms with Crippen LogP contribution in [0.1, 0.15) is 18.8 Å². The normalized spacial score (nSPS) is 12.6. The van der Waals surface area contributed by atoms with Gasteiger partial charge in [0.15, 0.2) is 0 Å². The van der Waals surface area contributed by atoms with E-state index in [9.17, 15) is 0 Å². The van der Waals surface area contributed by atoms with Gasteiger partial charge in [-0.2, -0.15) is 0 Å². The fourth-order valence-electron chi connectivity index (χ4n) is 2.46. The summed E-state index contributed by atoms with van der Waals surface area (Å²) in [5.74, 6) is 0.982. The molecule has 0 bridgehead atoms. The molecule has 3 rings (SSSR count). The van der Waals surface area contributed by atoms with Crippen LogP contribution >= 0.6 is 27.5 Å². The Balaban J connectivity index is 1.93. The van der Waals surface area contributed by atoms with E-state index >= 15 is 0 Å². The number of fused-ring (bicyclic) bond motifs is 1. The second kappa shape index (κ2) is 5.70. The summed E-state index contributed by atoms with van der Waals surface area (Å²) in [6.07, 6.45) is 0. The van der Waals surface area contributed by atoms with E-state index in [1.54, 1.807) is 0 Å². The van der Waals surface area contributed by atoms with E-state index in [0.29, 0.717) is 5.02 Å². The molecule has 108 valence electrons. The lowest BCUT2D eigenvalue weighted by atomic mass is 10.2. The maximum absolute atomic E-state index is 6.26. The number of aromatic nitrogens is 2. The summed E-state index contributed by atoms with van der Waals surface area (Å²) in [5.41, 5.74) is 3.04. The van der Waals surface area contributed by atoms with Crippen LogP contribution in [0.5, 0.6) is 0 Å². The van der Waals surface area contributed by atoms with E-state index in [1.165, 1.54) is 0 Å². The monoisotopic (exact) mass is 363 g/mol. The van der Waals surface area contributed by atoms with Crippen LogP contribution in [-0.4, -0.2) is 9.55 Å². The molecule has 0 radical (unpaired) electrons. The van der Waals surface area contributed by atoms with Gasteiger partial charge in [0.1, 0.15) is 5.82 Å². The lowest BCUT2D eigenvalue weighted by Gasteiger charge is -2.16. The number of anilines is 1. The highest BCUT2D eigenvalue weighted by Gasteiger charge is 2.15. The maximum Gasteiger partial charge on any atom is 0.131 e. The standard InChI is InChI=1S/C16H15BrClN3/c1-10(19-13-8-7-11(17)9-12(13)18)16-20-14-5-3-4-6-15(14)21(16)2/h3-10,19H,1-2H3. The number of hydrogen-bond donors (Lipinski definition) is 1. The molecule has 0 spiro atoms. The van der Waals surface area contributed by atoms with Gasteiger partial charge in [0.2, 0.25) is 0 Å². The van der Waals surface area contributed by atoms with E-state index in [2.05, 4.69) is 38.8 Å². The highest BCUT2D eigenvalue weighted by atomic mass is 79.9. The maximum atomic E-state index is 6.26. The van der Waals surface area contributed by atoms with Gasteiger partial charge >= 0.3 is 0 Å². The fraction of sp³-hybridized carbons (Fsp3) is 0.188. The number of hydrogen-bond acceptors (Lipinski definition) is 2. The molecule has 0 aliphatic carbocycles. The zero-order valence-corrected chi connectivity index (χ0v) is 14.1. The third-order valence-corrected chi connectivity index (χ3v) is 4.32. The molecule has 2 aromatic carbocycles. The average molecular weight is 365 g/mol. The Hall–Kier alpha value is -1.52.